The first-order chi connectivity index (χ1) is 17.8. The number of benzene rings is 2. The van der Waals surface area contributed by atoms with Crippen molar-refractivity contribution in [2.45, 2.75) is 26.3 Å². The van der Waals surface area contributed by atoms with E-state index in [0.29, 0.717) is 45.8 Å². The summed E-state index contributed by atoms with van der Waals surface area (Å²) in [6.07, 6.45) is 8.09. The van der Waals surface area contributed by atoms with Crippen molar-refractivity contribution in [2.75, 3.05) is 19.1 Å². The van der Waals surface area contributed by atoms with E-state index in [-0.39, 0.29) is 16.3 Å². The Balaban J connectivity index is 1.70. The lowest BCUT2D eigenvalue weighted by Gasteiger charge is -2.14. The normalized spacial score (nSPS) is 18.2. The quantitative estimate of drug-likeness (QED) is 0.212. The van der Waals surface area contributed by atoms with Crippen molar-refractivity contribution in [1.29, 1.82) is 0 Å². The number of methoxy groups -OCH3 is 1. The van der Waals surface area contributed by atoms with Gasteiger partial charge in [-0.25, -0.2) is 14.2 Å². The van der Waals surface area contributed by atoms with Gasteiger partial charge in [0.05, 0.1) is 23.9 Å². The molecule has 0 aliphatic heterocycles. The highest BCUT2D eigenvalue weighted by Gasteiger charge is 2.39. The molecule has 1 N–H and O–H groups in total. The Bertz CT molecular complexity index is 1780. The number of hydrogen-bond acceptors (Lipinski definition) is 3. The molecule has 0 spiro atoms. The third-order valence-corrected chi connectivity index (χ3v) is 8.74. The van der Waals surface area contributed by atoms with E-state index in [4.69, 9.17) is 4.74 Å². The Morgan fingerprint density at radius 1 is 1.27 bits per heavy atom. The summed E-state index contributed by atoms with van der Waals surface area (Å²) < 4.78 is 23.0. The van der Waals surface area contributed by atoms with E-state index in [1.54, 1.807) is 12.3 Å². The zero-order valence-electron chi connectivity index (χ0n) is 21.4. The van der Waals surface area contributed by atoms with Gasteiger partial charge in [0.15, 0.2) is 0 Å². The van der Waals surface area contributed by atoms with Crippen LogP contribution in [0.3, 0.4) is 0 Å². The number of aromatic nitrogens is 3. The van der Waals surface area contributed by atoms with Crippen molar-refractivity contribution in [3.05, 3.63) is 58.8 Å². The first-order valence-corrected chi connectivity index (χ1v) is 14.5. The van der Waals surface area contributed by atoms with Crippen molar-refractivity contribution in [2.24, 2.45) is 11.8 Å². The molecule has 1 fully saturated rings. The van der Waals surface area contributed by atoms with Gasteiger partial charge in [0.2, 0.25) is 0 Å². The van der Waals surface area contributed by atoms with Crippen molar-refractivity contribution in [3.63, 3.8) is 0 Å². The Kier molecular flexibility index (Phi) is 5.71. The second kappa shape index (κ2) is 8.84. The molecule has 2 aromatic carbocycles. The number of aryl methyl sites for hydroxylation is 1. The summed E-state index contributed by atoms with van der Waals surface area (Å²) in [5, 5.41) is 4.28. The SMILES string of the molecule is C=c1c2c[nH]c3nccc(c32)c2c1c(C(=O)OC)c(-c1ccc(C)cc1F)n2CC1CC1CCS(=C)C. The molecule has 0 saturated heterocycles. The van der Waals surface area contributed by atoms with Crippen LogP contribution in [0, 0.1) is 24.6 Å². The van der Waals surface area contributed by atoms with Gasteiger partial charge in [-0.05, 0) is 72.6 Å². The second-order valence-electron chi connectivity index (χ2n) is 10.3. The third kappa shape index (κ3) is 3.79. The summed E-state index contributed by atoms with van der Waals surface area (Å²) in [6, 6.07) is 7.16. The summed E-state index contributed by atoms with van der Waals surface area (Å²) in [4.78, 5) is 21.2. The molecule has 3 unspecified atom stereocenters. The van der Waals surface area contributed by atoms with Gasteiger partial charge in [-0.2, -0.15) is 10.5 Å². The first-order valence-electron chi connectivity index (χ1n) is 12.5. The number of fused-ring (bicyclic) bond motifs is 2. The average molecular weight is 516 g/mol. The third-order valence-electron chi connectivity index (χ3n) is 7.81. The number of H-pyrrole nitrogens is 1. The van der Waals surface area contributed by atoms with Crippen LogP contribution in [-0.4, -0.2) is 45.5 Å². The van der Waals surface area contributed by atoms with E-state index in [1.807, 2.05) is 25.3 Å². The van der Waals surface area contributed by atoms with E-state index in [9.17, 15) is 4.79 Å². The molecule has 1 saturated carbocycles. The highest BCUT2D eigenvalue weighted by molar-refractivity contribution is 8.13. The lowest BCUT2D eigenvalue weighted by Crippen LogP contribution is -2.09. The maximum Gasteiger partial charge on any atom is 0.340 e. The van der Waals surface area contributed by atoms with Gasteiger partial charge >= 0.3 is 5.97 Å². The Morgan fingerprint density at radius 2 is 2.08 bits per heavy atom. The molecule has 190 valence electrons. The van der Waals surface area contributed by atoms with Crippen molar-refractivity contribution in [3.8, 4) is 11.3 Å². The minimum absolute atomic E-state index is 0.164. The molecule has 5 aromatic rings. The molecule has 0 bridgehead atoms. The van der Waals surface area contributed by atoms with Gasteiger partial charge in [-0.3, -0.25) is 0 Å². The fraction of sp³-hybridized carbons (Fsp3) is 0.300. The Hall–Kier alpha value is -3.45. The second-order valence-corrected chi connectivity index (χ2v) is 12.3. The van der Waals surface area contributed by atoms with Gasteiger partial charge in [0.25, 0.3) is 0 Å². The number of aromatic amines is 1. The van der Waals surface area contributed by atoms with Crippen LogP contribution >= 0.6 is 10.5 Å². The summed E-state index contributed by atoms with van der Waals surface area (Å²) in [5.74, 6) is 5.50. The fourth-order valence-corrected chi connectivity index (χ4v) is 6.57. The zero-order chi connectivity index (χ0) is 26.0. The molecule has 6 rings (SSSR count). The number of carbonyl (C=O) groups excluding carboxylic acids is 1. The number of carbonyl (C=O) groups is 1. The molecule has 3 atom stereocenters. The van der Waals surface area contributed by atoms with E-state index < -0.39 is 5.97 Å². The zero-order valence-corrected chi connectivity index (χ0v) is 22.2. The monoisotopic (exact) mass is 515 g/mol. The number of ether oxygens (including phenoxy) is 1. The predicted octanol–water partition coefficient (Wildman–Crippen LogP) is 6.06. The number of nitrogens with zero attached hydrogens (tertiary/aromatic N) is 2. The Labute approximate surface area is 217 Å². The molecule has 7 heteroatoms. The van der Waals surface area contributed by atoms with E-state index in [2.05, 4.69) is 33.2 Å². The standard InChI is InChI=1S/C30H30FN3O2S/c1-16-6-7-20(23(31)12-16)27-26(30(35)36-3)24-17(2)22-14-33-29-25(22)21(8-10-32-29)28(24)34(27)15-19-13-18(19)9-11-37(4)5/h6-8,10,12,14,18-19H,2,4,9,11,13,15H2,1,3,5H3,(H,32,33). The van der Waals surface area contributed by atoms with Crippen LogP contribution in [-0.2, 0) is 11.3 Å². The number of rotatable bonds is 7. The van der Waals surface area contributed by atoms with Crippen LogP contribution in [0.15, 0.2) is 36.7 Å². The number of hydrogen-bond donors (Lipinski definition) is 1. The van der Waals surface area contributed by atoms with Gasteiger partial charge in [0, 0.05) is 46.0 Å². The smallest absolute Gasteiger partial charge is 0.340 e. The average Bonchev–Trinajstić information content (AvgIpc) is 3.31. The predicted molar refractivity (Wildman–Crippen MR) is 153 cm³/mol. The number of nitrogens with one attached hydrogen (secondary N) is 1. The highest BCUT2D eigenvalue weighted by atomic mass is 32.2. The minimum atomic E-state index is -0.491. The lowest BCUT2D eigenvalue weighted by atomic mass is 9.99. The maximum absolute atomic E-state index is 15.6. The Morgan fingerprint density at radius 3 is 2.81 bits per heavy atom. The van der Waals surface area contributed by atoms with Crippen molar-refractivity contribution >= 4 is 61.6 Å². The molecule has 0 amide bonds. The van der Waals surface area contributed by atoms with Crippen molar-refractivity contribution < 1.29 is 13.9 Å². The highest BCUT2D eigenvalue weighted by Crippen LogP contribution is 2.47. The molecule has 3 heterocycles. The fourth-order valence-electron chi connectivity index (χ4n) is 5.87. The molecule has 37 heavy (non-hydrogen) atoms. The van der Waals surface area contributed by atoms with E-state index >= 15 is 4.39 Å². The number of pyridine rings is 1. The van der Waals surface area contributed by atoms with Crippen molar-refractivity contribution in [1.82, 2.24) is 14.5 Å². The number of esters is 1. The van der Waals surface area contributed by atoms with Crippen LogP contribution in [0.2, 0.25) is 0 Å². The summed E-state index contributed by atoms with van der Waals surface area (Å²) >= 11 is 0. The van der Waals surface area contributed by atoms with Gasteiger partial charge < -0.3 is 14.3 Å². The summed E-state index contributed by atoms with van der Waals surface area (Å²) in [5.41, 5.74) is 3.81. The van der Waals surface area contributed by atoms with Crippen LogP contribution < -0.4 is 5.22 Å². The molecule has 0 radical (unpaired) electrons. The van der Waals surface area contributed by atoms with Crippen LogP contribution in [0.5, 0.6) is 0 Å². The van der Waals surface area contributed by atoms with Gasteiger partial charge in [-0.1, -0.05) is 18.5 Å². The molecular weight excluding hydrogens is 485 g/mol. The summed E-state index contributed by atoms with van der Waals surface area (Å²) in [6.45, 7) is 6.96. The van der Waals surface area contributed by atoms with Gasteiger partial charge in [-0.15, -0.1) is 0 Å². The molecule has 1 aliphatic rings. The summed E-state index contributed by atoms with van der Waals surface area (Å²) in [7, 11) is 1.54. The largest absolute Gasteiger partial charge is 0.465 e. The molecule has 5 nitrogen and oxygen atoms in total. The van der Waals surface area contributed by atoms with E-state index in [1.165, 1.54) is 13.2 Å². The molecule has 3 aromatic heterocycles. The van der Waals surface area contributed by atoms with E-state index in [0.717, 1.165) is 51.5 Å². The molecule has 1 aliphatic carbocycles. The topological polar surface area (TPSA) is 59.9 Å². The maximum atomic E-state index is 15.6. The minimum Gasteiger partial charge on any atom is -0.465 e. The van der Waals surface area contributed by atoms with Crippen LogP contribution in [0.1, 0.15) is 28.8 Å². The van der Waals surface area contributed by atoms with Gasteiger partial charge in [0.1, 0.15) is 11.5 Å². The van der Waals surface area contributed by atoms with Crippen LogP contribution in [0.25, 0.3) is 50.5 Å². The number of halogens is 1. The first kappa shape index (κ1) is 23.9. The molecular formula is C30H30FN3O2S. The lowest BCUT2D eigenvalue weighted by molar-refractivity contribution is 0.0603. The van der Waals surface area contributed by atoms with Crippen LogP contribution in [0.4, 0.5) is 4.39 Å².